The zero-order valence-electron chi connectivity index (χ0n) is 16.8. The van der Waals surface area contributed by atoms with Crippen molar-refractivity contribution < 1.29 is 4.39 Å². The summed E-state index contributed by atoms with van der Waals surface area (Å²) in [6.45, 7) is 2.02. The van der Waals surface area contributed by atoms with E-state index in [0.29, 0.717) is 23.4 Å². The number of pyridine rings is 1. The summed E-state index contributed by atoms with van der Waals surface area (Å²) < 4.78 is 16.1. The van der Waals surface area contributed by atoms with E-state index in [-0.39, 0.29) is 11.4 Å². The molecule has 3 heterocycles. The van der Waals surface area contributed by atoms with Gasteiger partial charge < -0.3 is 10.3 Å². The Balaban J connectivity index is 1.74. The van der Waals surface area contributed by atoms with E-state index >= 15 is 0 Å². The molecule has 0 fully saturated rings. The number of nitrogens with zero attached hydrogens (tertiary/aromatic N) is 3. The third-order valence-corrected chi connectivity index (χ3v) is 5.40. The van der Waals surface area contributed by atoms with Crippen LogP contribution in [0, 0.1) is 5.82 Å². The zero-order chi connectivity index (χ0) is 21.4. The fourth-order valence-electron chi connectivity index (χ4n) is 3.89. The fourth-order valence-corrected chi connectivity index (χ4v) is 3.89. The van der Waals surface area contributed by atoms with Crippen molar-refractivity contribution in [1.29, 1.82) is 0 Å². The number of rotatable bonds is 5. The van der Waals surface area contributed by atoms with Gasteiger partial charge in [-0.05, 0) is 42.8 Å². The number of benzene rings is 2. The van der Waals surface area contributed by atoms with Crippen LogP contribution in [0.1, 0.15) is 25.2 Å². The van der Waals surface area contributed by atoms with E-state index in [4.69, 9.17) is 4.98 Å². The summed E-state index contributed by atoms with van der Waals surface area (Å²) in [7, 11) is 0. The van der Waals surface area contributed by atoms with E-state index in [1.807, 2.05) is 55.6 Å². The minimum absolute atomic E-state index is 0.0121. The molecule has 0 saturated heterocycles. The normalized spacial score (nSPS) is 12.3. The quantitative estimate of drug-likeness (QED) is 0.427. The maximum absolute atomic E-state index is 14.6. The minimum atomic E-state index is -0.574. The van der Waals surface area contributed by atoms with Crippen molar-refractivity contribution in [1.82, 2.24) is 19.5 Å². The van der Waals surface area contributed by atoms with Gasteiger partial charge in [0.15, 0.2) is 0 Å². The molecule has 1 unspecified atom stereocenters. The number of aromatic nitrogens is 4. The van der Waals surface area contributed by atoms with Gasteiger partial charge in [-0.25, -0.2) is 14.4 Å². The molecule has 2 N–H and O–H groups in total. The van der Waals surface area contributed by atoms with Crippen LogP contribution in [0.5, 0.6) is 0 Å². The summed E-state index contributed by atoms with van der Waals surface area (Å²) in [5.74, 6) is -0.0484. The Bertz CT molecular complexity index is 1440. The molecule has 31 heavy (non-hydrogen) atoms. The van der Waals surface area contributed by atoms with Crippen molar-refractivity contribution in [3.63, 3.8) is 0 Å². The lowest BCUT2D eigenvalue weighted by Crippen LogP contribution is -2.28. The summed E-state index contributed by atoms with van der Waals surface area (Å²) in [4.78, 5) is 25.6. The molecule has 3 aromatic heterocycles. The van der Waals surface area contributed by atoms with Crippen molar-refractivity contribution in [2.45, 2.75) is 19.4 Å². The molecule has 0 spiro atoms. The van der Waals surface area contributed by atoms with Gasteiger partial charge in [0.2, 0.25) is 0 Å². The number of nitrogens with one attached hydrogen (secondary N) is 2. The van der Waals surface area contributed by atoms with Crippen molar-refractivity contribution in [2.24, 2.45) is 0 Å². The molecule has 5 rings (SSSR count). The molecule has 1 atom stereocenters. The Labute approximate surface area is 177 Å². The predicted molar refractivity (Wildman–Crippen MR) is 120 cm³/mol. The van der Waals surface area contributed by atoms with E-state index in [1.165, 1.54) is 10.6 Å². The molecule has 0 amide bonds. The molecular formula is C24H20FN5O. The summed E-state index contributed by atoms with van der Waals surface area (Å²) in [6, 6.07) is 17.3. The van der Waals surface area contributed by atoms with Gasteiger partial charge in [0.1, 0.15) is 22.7 Å². The van der Waals surface area contributed by atoms with Crippen molar-refractivity contribution >= 4 is 27.6 Å². The van der Waals surface area contributed by atoms with Crippen LogP contribution in [0.4, 0.5) is 10.1 Å². The highest BCUT2D eigenvalue weighted by Gasteiger charge is 2.22. The third-order valence-electron chi connectivity index (χ3n) is 5.40. The number of anilines is 1. The Hall–Kier alpha value is -4.00. The fraction of sp³-hybridized carbons (Fsp3) is 0.125. The maximum Gasteiger partial charge on any atom is 0.269 e. The average Bonchev–Trinajstić information content (AvgIpc) is 3.27. The molecule has 154 valence electrons. The lowest BCUT2D eigenvalue weighted by atomic mass is 10.1. The number of para-hydroxylation sites is 1. The van der Waals surface area contributed by atoms with Gasteiger partial charge in [0, 0.05) is 23.5 Å². The van der Waals surface area contributed by atoms with E-state index in [9.17, 15) is 9.18 Å². The lowest BCUT2D eigenvalue weighted by Gasteiger charge is -2.23. The SMILES string of the molecule is CCC(Nc1ccnc2[nH]ccc12)c1nc2cccc(F)c2c(=O)n1-c1ccccc1. The van der Waals surface area contributed by atoms with Crippen LogP contribution < -0.4 is 10.9 Å². The Morgan fingerprint density at radius 3 is 2.74 bits per heavy atom. The zero-order valence-corrected chi connectivity index (χ0v) is 16.8. The van der Waals surface area contributed by atoms with Crippen LogP contribution in [-0.2, 0) is 0 Å². The second-order valence-electron chi connectivity index (χ2n) is 7.28. The highest BCUT2D eigenvalue weighted by Crippen LogP contribution is 2.28. The van der Waals surface area contributed by atoms with Crippen LogP contribution in [0.2, 0.25) is 0 Å². The number of halogens is 1. The first-order valence-corrected chi connectivity index (χ1v) is 10.1. The Morgan fingerprint density at radius 2 is 1.94 bits per heavy atom. The lowest BCUT2D eigenvalue weighted by molar-refractivity contribution is 0.630. The molecule has 0 radical (unpaired) electrons. The number of hydrogen-bond acceptors (Lipinski definition) is 4. The van der Waals surface area contributed by atoms with Gasteiger partial charge in [0.25, 0.3) is 5.56 Å². The Morgan fingerprint density at radius 1 is 1.10 bits per heavy atom. The molecule has 0 bridgehead atoms. The monoisotopic (exact) mass is 413 g/mol. The number of aromatic amines is 1. The van der Waals surface area contributed by atoms with E-state index in [0.717, 1.165) is 16.7 Å². The highest BCUT2D eigenvalue weighted by molar-refractivity contribution is 5.89. The molecule has 6 nitrogen and oxygen atoms in total. The summed E-state index contributed by atoms with van der Waals surface area (Å²) in [6.07, 6.45) is 4.22. The number of hydrogen-bond donors (Lipinski definition) is 2. The van der Waals surface area contributed by atoms with Crippen LogP contribution in [0.25, 0.3) is 27.6 Å². The minimum Gasteiger partial charge on any atom is -0.375 e. The highest BCUT2D eigenvalue weighted by atomic mass is 19.1. The average molecular weight is 413 g/mol. The summed E-state index contributed by atoms with van der Waals surface area (Å²) in [5.41, 5.74) is 2.21. The van der Waals surface area contributed by atoms with Gasteiger partial charge in [0.05, 0.1) is 17.2 Å². The van der Waals surface area contributed by atoms with Crippen LogP contribution in [-0.4, -0.2) is 19.5 Å². The second kappa shape index (κ2) is 7.68. The van der Waals surface area contributed by atoms with Gasteiger partial charge in [-0.15, -0.1) is 0 Å². The van der Waals surface area contributed by atoms with Crippen molar-refractivity contribution in [3.8, 4) is 5.69 Å². The van der Waals surface area contributed by atoms with Crippen LogP contribution in [0.3, 0.4) is 0 Å². The summed E-state index contributed by atoms with van der Waals surface area (Å²) >= 11 is 0. The first-order chi connectivity index (χ1) is 15.2. The second-order valence-corrected chi connectivity index (χ2v) is 7.28. The molecular weight excluding hydrogens is 393 g/mol. The van der Waals surface area contributed by atoms with Crippen molar-refractivity contribution in [2.75, 3.05) is 5.32 Å². The first-order valence-electron chi connectivity index (χ1n) is 10.1. The number of fused-ring (bicyclic) bond motifs is 2. The topological polar surface area (TPSA) is 75.6 Å². The largest absolute Gasteiger partial charge is 0.375 e. The van der Waals surface area contributed by atoms with E-state index < -0.39 is 11.4 Å². The summed E-state index contributed by atoms with van der Waals surface area (Å²) in [5, 5.41) is 4.45. The maximum atomic E-state index is 14.6. The first kappa shape index (κ1) is 19.0. The van der Waals surface area contributed by atoms with Crippen molar-refractivity contribution in [3.05, 3.63) is 95.1 Å². The molecule has 0 saturated carbocycles. The smallest absolute Gasteiger partial charge is 0.269 e. The number of H-pyrrole nitrogens is 1. The van der Waals surface area contributed by atoms with E-state index in [2.05, 4.69) is 15.3 Å². The van der Waals surface area contributed by atoms with Gasteiger partial charge >= 0.3 is 0 Å². The van der Waals surface area contributed by atoms with Gasteiger partial charge in [-0.2, -0.15) is 0 Å². The predicted octanol–water partition coefficient (Wildman–Crippen LogP) is 4.96. The van der Waals surface area contributed by atoms with Gasteiger partial charge in [-0.3, -0.25) is 9.36 Å². The van der Waals surface area contributed by atoms with Crippen LogP contribution >= 0.6 is 0 Å². The Kier molecular flexibility index (Phi) is 4.71. The molecule has 7 heteroatoms. The third kappa shape index (κ3) is 3.24. The van der Waals surface area contributed by atoms with E-state index in [1.54, 1.807) is 18.3 Å². The molecule has 0 aliphatic carbocycles. The molecule has 5 aromatic rings. The standard InChI is InChI=1S/C24H20FN5O/c1-2-18(28-19-12-14-27-22-16(19)11-13-26-22)23-29-20-10-6-9-17(25)21(20)24(31)30(23)15-7-4-3-5-8-15/h3-14,18H,2H2,1H3,(H2,26,27,28). The molecule has 0 aliphatic rings. The van der Waals surface area contributed by atoms with Crippen LogP contribution in [0.15, 0.2) is 77.9 Å². The molecule has 0 aliphatic heterocycles. The van der Waals surface area contributed by atoms with Gasteiger partial charge in [-0.1, -0.05) is 31.2 Å². The molecule has 2 aromatic carbocycles.